The van der Waals surface area contributed by atoms with Crippen LogP contribution in [0.15, 0.2) is 24.3 Å². The van der Waals surface area contributed by atoms with Crippen molar-refractivity contribution in [3.05, 3.63) is 24.3 Å². The smallest absolute Gasteiger partial charge is 0.119 e. The Balaban J connectivity index is 2.51. The molecule has 3 N–H and O–H groups in total. The van der Waals surface area contributed by atoms with Gasteiger partial charge in [-0.15, -0.1) is 0 Å². The fraction of sp³-hybridized carbons (Fsp3) is 0.500. The second kappa shape index (κ2) is 5.03. The Morgan fingerprint density at radius 1 is 1.27 bits per heavy atom. The first-order chi connectivity index (χ1) is 7.07. The number of nitrogens with one attached hydrogen (secondary N) is 1. The maximum absolute atomic E-state index is 5.66. The van der Waals surface area contributed by atoms with Crippen LogP contribution in [0, 0.1) is 5.41 Å². The molecule has 0 heterocycles. The molecule has 0 radical (unpaired) electrons. The third kappa shape index (κ3) is 3.80. The zero-order valence-corrected chi connectivity index (χ0v) is 9.71. The van der Waals surface area contributed by atoms with Gasteiger partial charge in [-0.3, -0.25) is 0 Å². The lowest BCUT2D eigenvalue weighted by Crippen LogP contribution is -2.31. The zero-order valence-electron chi connectivity index (χ0n) is 9.71. The van der Waals surface area contributed by atoms with Crippen molar-refractivity contribution in [2.75, 3.05) is 25.5 Å². The van der Waals surface area contributed by atoms with Gasteiger partial charge in [0, 0.05) is 12.2 Å². The van der Waals surface area contributed by atoms with Crippen LogP contribution in [-0.2, 0) is 0 Å². The van der Waals surface area contributed by atoms with Crippen LogP contribution in [0.1, 0.15) is 13.8 Å². The molecular formula is C12H20N2O. The molecule has 0 aromatic heterocycles. The quantitative estimate of drug-likeness (QED) is 0.779. The van der Waals surface area contributed by atoms with Crippen molar-refractivity contribution in [1.29, 1.82) is 0 Å². The molecule has 0 saturated carbocycles. The summed E-state index contributed by atoms with van der Waals surface area (Å²) in [5.41, 5.74) is 6.88. The van der Waals surface area contributed by atoms with Crippen LogP contribution >= 0.6 is 0 Å². The molecule has 84 valence electrons. The van der Waals surface area contributed by atoms with Gasteiger partial charge in [0.25, 0.3) is 0 Å². The van der Waals surface area contributed by atoms with Gasteiger partial charge >= 0.3 is 0 Å². The summed E-state index contributed by atoms with van der Waals surface area (Å²) >= 11 is 0. The highest BCUT2D eigenvalue weighted by Crippen LogP contribution is 2.18. The van der Waals surface area contributed by atoms with E-state index in [2.05, 4.69) is 19.2 Å². The normalized spacial score (nSPS) is 11.2. The number of hydrogen-bond acceptors (Lipinski definition) is 3. The van der Waals surface area contributed by atoms with Crippen LogP contribution in [0.4, 0.5) is 5.69 Å². The van der Waals surface area contributed by atoms with Crippen molar-refractivity contribution in [2.45, 2.75) is 13.8 Å². The average Bonchev–Trinajstić information content (AvgIpc) is 2.27. The van der Waals surface area contributed by atoms with Gasteiger partial charge < -0.3 is 15.8 Å². The predicted octanol–water partition coefficient (Wildman–Crippen LogP) is 2.09. The maximum Gasteiger partial charge on any atom is 0.119 e. The Morgan fingerprint density at radius 2 is 1.87 bits per heavy atom. The van der Waals surface area contributed by atoms with Crippen LogP contribution in [-0.4, -0.2) is 20.2 Å². The van der Waals surface area contributed by atoms with Gasteiger partial charge in [-0.25, -0.2) is 0 Å². The van der Waals surface area contributed by atoms with Crippen molar-refractivity contribution in [2.24, 2.45) is 11.1 Å². The summed E-state index contributed by atoms with van der Waals surface area (Å²) in [6.45, 7) is 5.83. The molecule has 0 aliphatic heterocycles. The van der Waals surface area contributed by atoms with E-state index in [4.69, 9.17) is 10.5 Å². The van der Waals surface area contributed by atoms with Crippen LogP contribution in [0.2, 0.25) is 0 Å². The fourth-order valence-electron chi connectivity index (χ4n) is 1.12. The largest absolute Gasteiger partial charge is 0.497 e. The summed E-state index contributed by atoms with van der Waals surface area (Å²) in [5, 5.41) is 3.35. The first kappa shape index (κ1) is 11.9. The average molecular weight is 208 g/mol. The van der Waals surface area contributed by atoms with Crippen LogP contribution in [0.5, 0.6) is 5.75 Å². The summed E-state index contributed by atoms with van der Waals surface area (Å²) in [6.07, 6.45) is 0. The molecular weight excluding hydrogens is 188 g/mol. The second-order valence-corrected chi connectivity index (χ2v) is 4.45. The number of hydrogen-bond donors (Lipinski definition) is 2. The second-order valence-electron chi connectivity index (χ2n) is 4.45. The van der Waals surface area contributed by atoms with Gasteiger partial charge in [-0.05, 0) is 36.2 Å². The van der Waals surface area contributed by atoms with Crippen molar-refractivity contribution < 1.29 is 4.74 Å². The standard InChI is InChI=1S/C12H20N2O/c1-12(2,8-13)9-14-10-4-6-11(15-3)7-5-10/h4-7,14H,8-9,13H2,1-3H3. The molecule has 15 heavy (non-hydrogen) atoms. The van der Waals surface area contributed by atoms with Crippen LogP contribution in [0.25, 0.3) is 0 Å². The van der Waals surface area contributed by atoms with Gasteiger partial charge in [-0.1, -0.05) is 13.8 Å². The summed E-state index contributed by atoms with van der Waals surface area (Å²) in [4.78, 5) is 0. The number of benzene rings is 1. The Labute approximate surface area is 91.6 Å². The van der Waals surface area contributed by atoms with Gasteiger partial charge in [0.15, 0.2) is 0 Å². The zero-order chi connectivity index (χ0) is 11.3. The third-order valence-corrected chi connectivity index (χ3v) is 2.41. The lowest BCUT2D eigenvalue weighted by atomic mass is 9.94. The van der Waals surface area contributed by atoms with Crippen molar-refractivity contribution >= 4 is 5.69 Å². The molecule has 1 aromatic rings. The first-order valence-corrected chi connectivity index (χ1v) is 5.15. The Bertz CT molecular complexity index is 293. The SMILES string of the molecule is COc1ccc(NCC(C)(C)CN)cc1. The van der Waals surface area contributed by atoms with E-state index < -0.39 is 0 Å². The molecule has 0 fully saturated rings. The number of ether oxygens (including phenoxy) is 1. The van der Waals surface area contributed by atoms with E-state index in [1.807, 2.05) is 24.3 Å². The number of nitrogens with two attached hydrogens (primary N) is 1. The molecule has 3 nitrogen and oxygen atoms in total. The minimum atomic E-state index is 0.125. The molecule has 0 spiro atoms. The minimum Gasteiger partial charge on any atom is -0.497 e. The molecule has 0 amide bonds. The molecule has 0 aliphatic rings. The van der Waals surface area contributed by atoms with Crippen LogP contribution in [0.3, 0.4) is 0 Å². The van der Waals surface area contributed by atoms with Crippen molar-refractivity contribution in [3.63, 3.8) is 0 Å². The highest BCUT2D eigenvalue weighted by atomic mass is 16.5. The molecule has 1 aromatic carbocycles. The summed E-state index contributed by atoms with van der Waals surface area (Å²) in [5.74, 6) is 0.874. The Hall–Kier alpha value is -1.22. The van der Waals surface area contributed by atoms with Crippen LogP contribution < -0.4 is 15.8 Å². The molecule has 3 heteroatoms. The fourth-order valence-corrected chi connectivity index (χ4v) is 1.12. The van der Waals surface area contributed by atoms with Crippen molar-refractivity contribution in [1.82, 2.24) is 0 Å². The van der Waals surface area contributed by atoms with E-state index in [0.717, 1.165) is 18.0 Å². The Kier molecular flexibility index (Phi) is 3.97. The highest BCUT2D eigenvalue weighted by Gasteiger charge is 2.14. The number of methoxy groups -OCH3 is 1. The molecule has 0 saturated heterocycles. The minimum absolute atomic E-state index is 0.125. The third-order valence-electron chi connectivity index (χ3n) is 2.41. The molecule has 1 rings (SSSR count). The Morgan fingerprint density at radius 3 is 2.33 bits per heavy atom. The van der Waals surface area contributed by atoms with E-state index in [-0.39, 0.29) is 5.41 Å². The molecule has 0 atom stereocenters. The van der Waals surface area contributed by atoms with Gasteiger partial charge in [-0.2, -0.15) is 0 Å². The first-order valence-electron chi connectivity index (χ1n) is 5.15. The maximum atomic E-state index is 5.66. The molecule has 0 aliphatic carbocycles. The predicted molar refractivity (Wildman–Crippen MR) is 64.3 cm³/mol. The highest BCUT2D eigenvalue weighted by molar-refractivity contribution is 5.46. The van der Waals surface area contributed by atoms with E-state index >= 15 is 0 Å². The number of anilines is 1. The summed E-state index contributed by atoms with van der Waals surface area (Å²) < 4.78 is 5.09. The topological polar surface area (TPSA) is 47.3 Å². The molecule has 0 bridgehead atoms. The summed E-state index contributed by atoms with van der Waals surface area (Å²) in [7, 11) is 1.67. The molecule has 0 unspecified atom stereocenters. The van der Waals surface area contributed by atoms with E-state index in [9.17, 15) is 0 Å². The van der Waals surface area contributed by atoms with Gasteiger partial charge in [0.1, 0.15) is 5.75 Å². The number of rotatable bonds is 5. The lowest BCUT2D eigenvalue weighted by Gasteiger charge is -2.23. The van der Waals surface area contributed by atoms with E-state index in [0.29, 0.717) is 6.54 Å². The summed E-state index contributed by atoms with van der Waals surface area (Å²) in [6, 6.07) is 7.90. The monoisotopic (exact) mass is 208 g/mol. The van der Waals surface area contributed by atoms with Crippen molar-refractivity contribution in [3.8, 4) is 5.75 Å². The van der Waals surface area contributed by atoms with E-state index in [1.165, 1.54) is 0 Å². The van der Waals surface area contributed by atoms with E-state index in [1.54, 1.807) is 7.11 Å². The van der Waals surface area contributed by atoms with Gasteiger partial charge in [0.05, 0.1) is 7.11 Å². The lowest BCUT2D eigenvalue weighted by molar-refractivity contribution is 0.405. The van der Waals surface area contributed by atoms with Gasteiger partial charge in [0.2, 0.25) is 0 Å².